The van der Waals surface area contributed by atoms with E-state index in [1.165, 1.54) is 11.8 Å². The van der Waals surface area contributed by atoms with Gasteiger partial charge in [0.05, 0.1) is 13.2 Å². The predicted molar refractivity (Wildman–Crippen MR) is 125 cm³/mol. The molecule has 8 nitrogen and oxygen atoms in total. The van der Waals surface area contributed by atoms with E-state index in [4.69, 9.17) is 0 Å². The molecule has 0 aromatic carbocycles. The number of nitrogens with zero attached hydrogens (tertiary/aromatic N) is 5. The van der Waals surface area contributed by atoms with Crippen molar-refractivity contribution in [3.63, 3.8) is 0 Å². The first-order chi connectivity index (χ1) is 14.1. The molecule has 0 amide bonds. The molecule has 2 aliphatic rings. The molecular weight excluding hydrogens is 406 g/mol. The average molecular weight is 434 g/mol. The van der Waals surface area contributed by atoms with Crippen LogP contribution in [0.25, 0.3) is 0 Å². The first-order valence-corrected chi connectivity index (χ1v) is 11.2. The number of hydrogen-bond donors (Lipinski definition) is 2. The lowest BCUT2D eigenvalue weighted by atomic mass is 10.4. The fourth-order valence-electron chi connectivity index (χ4n) is 2.85. The molecule has 0 saturated carbocycles. The van der Waals surface area contributed by atoms with Crippen LogP contribution in [0.15, 0.2) is 44.2 Å². The van der Waals surface area contributed by atoms with Crippen molar-refractivity contribution in [3.8, 4) is 0 Å². The highest BCUT2D eigenvalue weighted by Crippen LogP contribution is 2.30. The van der Waals surface area contributed by atoms with Crippen molar-refractivity contribution < 1.29 is 0 Å². The largest absolute Gasteiger partial charge is 0.365 e. The smallest absolute Gasteiger partial charge is 0.279 e. The van der Waals surface area contributed by atoms with Crippen LogP contribution in [-0.2, 0) is 7.05 Å². The Bertz CT molecular complexity index is 872. The first-order valence-electron chi connectivity index (χ1n) is 9.55. The molecule has 0 spiro atoms. The van der Waals surface area contributed by atoms with E-state index in [1.54, 1.807) is 23.4 Å². The van der Waals surface area contributed by atoms with E-state index in [-0.39, 0.29) is 10.8 Å². The molecule has 1 saturated heterocycles. The maximum Gasteiger partial charge on any atom is 0.279 e. The maximum absolute atomic E-state index is 13.0. The lowest BCUT2D eigenvalue weighted by Gasteiger charge is -2.27. The van der Waals surface area contributed by atoms with Crippen LogP contribution in [0.1, 0.15) is 6.92 Å². The van der Waals surface area contributed by atoms with Gasteiger partial charge in [-0.05, 0) is 25.4 Å². The molecule has 3 heterocycles. The molecule has 3 rings (SSSR count). The van der Waals surface area contributed by atoms with Gasteiger partial charge in [-0.3, -0.25) is 19.3 Å². The number of nitrogens with one attached hydrogen (secondary N) is 2. The zero-order valence-corrected chi connectivity index (χ0v) is 18.4. The molecule has 156 valence electrons. The van der Waals surface area contributed by atoms with Gasteiger partial charge in [-0.2, -0.15) is 0 Å². The number of rotatable bonds is 5. The van der Waals surface area contributed by atoms with Gasteiger partial charge in [0.2, 0.25) is 0 Å². The van der Waals surface area contributed by atoms with E-state index in [2.05, 4.69) is 50.2 Å². The fourth-order valence-corrected chi connectivity index (χ4v) is 5.00. The van der Waals surface area contributed by atoms with E-state index in [1.807, 2.05) is 18.2 Å². The summed E-state index contributed by atoms with van der Waals surface area (Å²) in [4.78, 5) is 28.4. The van der Waals surface area contributed by atoms with E-state index >= 15 is 0 Å². The van der Waals surface area contributed by atoms with Crippen molar-refractivity contribution in [2.75, 3.05) is 44.7 Å². The Kier molecular flexibility index (Phi) is 8.10. The quantitative estimate of drug-likeness (QED) is 0.543. The number of piperazine rings is 1. The molecule has 2 N–H and O–H groups in total. The summed E-state index contributed by atoms with van der Waals surface area (Å²) < 4.78 is 2.42. The number of anilines is 1. The van der Waals surface area contributed by atoms with Crippen LogP contribution in [-0.4, -0.2) is 70.2 Å². The van der Waals surface area contributed by atoms with E-state index in [9.17, 15) is 4.79 Å². The molecule has 1 aromatic rings. The van der Waals surface area contributed by atoms with Gasteiger partial charge in [0.25, 0.3) is 5.56 Å². The summed E-state index contributed by atoms with van der Waals surface area (Å²) in [6.07, 6.45) is 8.16. The molecule has 10 heteroatoms. The second-order valence-corrected chi connectivity index (χ2v) is 9.24. The Balaban J connectivity index is 1.80. The molecule has 1 aromatic heterocycles. The SMILES string of the molecule is C=Nc1nc(SC2=NC/C=C\C=C/C(C)S2)n(C)c(=O)c1NCN1CCNCC1. The van der Waals surface area contributed by atoms with Gasteiger partial charge in [0, 0.05) is 38.5 Å². The summed E-state index contributed by atoms with van der Waals surface area (Å²) in [5.41, 5.74) is 0.218. The minimum Gasteiger partial charge on any atom is -0.365 e. The summed E-state index contributed by atoms with van der Waals surface area (Å²) in [6.45, 7) is 10.7. The first kappa shape index (κ1) is 21.8. The van der Waals surface area contributed by atoms with Crippen molar-refractivity contribution in [2.45, 2.75) is 17.3 Å². The van der Waals surface area contributed by atoms with Gasteiger partial charge in [0.15, 0.2) is 11.0 Å². The summed E-state index contributed by atoms with van der Waals surface area (Å²) in [6, 6.07) is 0. The van der Waals surface area contributed by atoms with Crippen LogP contribution in [0.3, 0.4) is 0 Å². The minimum atomic E-state index is -0.165. The zero-order valence-electron chi connectivity index (χ0n) is 16.8. The minimum absolute atomic E-state index is 0.165. The number of thioether (sulfide) groups is 2. The lowest BCUT2D eigenvalue weighted by Crippen LogP contribution is -2.45. The van der Waals surface area contributed by atoms with Gasteiger partial charge >= 0.3 is 0 Å². The second-order valence-electron chi connectivity index (χ2n) is 6.66. The molecule has 0 radical (unpaired) electrons. The van der Waals surface area contributed by atoms with Gasteiger partial charge in [-0.15, -0.1) is 0 Å². The van der Waals surface area contributed by atoms with Crippen LogP contribution >= 0.6 is 23.5 Å². The molecule has 0 aliphatic carbocycles. The Morgan fingerprint density at radius 1 is 1.41 bits per heavy atom. The highest BCUT2D eigenvalue weighted by atomic mass is 32.2. The topological polar surface area (TPSA) is 86.9 Å². The molecule has 1 fully saturated rings. The maximum atomic E-state index is 13.0. The Morgan fingerprint density at radius 3 is 2.97 bits per heavy atom. The number of hydrogen-bond acceptors (Lipinski definition) is 9. The summed E-state index contributed by atoms with van der Waals surface area (Å²) in [7, 11) is 1.73. The number of aliphatic imine (C=N–C) groups is 2. The van der Waals surface area contributed by atoms with E-state index < -0.39 is 0 Å². The standard InChI is InChI=1S/C19H27N7OS2/c1-14-7-5-4-6-8-22-19(28-14)29-18-24-16(20-2)15(17(27)25(18)3)23-13-26-11-9-21-10-12-26/h4-7,14,21,23H,2,8-13H2,1,3H3/b6-4-,7-5-,22-19?. The summed E-state index contributed by atoms with van der Waals surface area (Å²) >= 11 is 3.03. The van der Waals surface area contributed by atoms with Crippen molar-refractivity contribution >= 4 is 46.1 Å². The third-order valence-corrected chi connectivity index (χ3v) is 6.74. The van der Waals surface area contributed by atoms with Crippen LogP contribution in [0, 0.1) is 0 Å². The molecular formula is C19H27N7OS2. The molecule has 29 heavy (non-hydrogen) atoms. The van der Waals surface area contributed by atoms with Crippen molar-refractivity contribution in [3.05, 3.63) is 34.7 Å². The molecule has 0 bridgehead atoms. The van der Waals surface area contributed by atoms with Crippen molar-refractivity contribution in [2.24, 2.45) is 17.0 Å². The molecule has 2 aliphatic heterocycles. The normalized spacial score (nSPS) is 22.7. The van der Waals surface area contributed by atoms with Crippen molar-refractivity contribution in [1.29, 1.82) is 0 Å². The van der Waals surface area contributed by atoms with E-state index in [0.717, 1.165) is 30.6 Å². The van der Waals surface area contributed by atoms with Crippen LogP contribution in [0.2, 0.25) is 0 Å². The predicted octanol–water partition coefficient (Wildman–Crippen LogP) is 2.08. The third-order valence-electron chi connectivity index (χ3n) is 4.49. The van der Waals surface area contributed by atoms with Crippen LogP contribution < -0.4 is 16.2 Å². The van der Waals surface area contributed by atoms with Gasteiger partial charge in [-0.1, -0.05) is 36.1 Å². The summed E-state index contributed by atoms with van der Waals surface area (Å²) in [5.74, 6) is 0.326. The second kappa shape index (κ2) is 10.8. The average Bonchev–Trinajstić information content (AvgIpc) is 2.83. The van der Waals surface area contributed by atoms with Crippen LogP contribution in [0.5, 0.6) is 0 Å². The highest BCUT2D eigenvalue weighted by Gasteiger charge is 2.18. The van der Waals surface area contributed by atoms with Crippen LogP contribution in [0.4, 0.5) is 11.5 Å². The van der Waals surface area contributed by atoms with Gasteiger partial charge in [-0.25, -0.2) is 9.98 Å². The summed E-state index contributed by atoms with van der Waals surface area (Å²) in [5, 5.41) is 7.36. The van der Waals surface area contributed by atoms with Gasteiger partial charge < -0.3 is 10.6 Å². The molecule has 1 atom stereocenters. The third kappa shape index (κ3) is 6.05. The zero-order chi connectivity index (χ0) is 20.6. The molecule has 1 unspecified atom stereocenters. The number of aromatic nitrogens is 2. The Hall–Kier alpha value is -1.88. The van der Waals surface area contributed by atoms with E-state index in [0.29, 0.717) is 29.9 Å². The Morgan fingerprint density at radius 2 is 2.21 bits per heavy atom. The van der Waals surface area contributed by atoms with Crippen molar-refractivity contribution in [1.82, 2.24) is 19.8 Å². The van der Waals surface area contributed by atoms with Gasteiger partial charge in [0.1, 0.15) is 10.1 Å². The fraction of sp³-hybridized carbons (Fsp3) is 0.474. The Labute approximate surface area is 179 Å². The lowest BCUT2D eigenvalue weighted by molar-refractivity contribution is 0.256. The monoisotopic (exact) mass is 433 g/mol. The number of allylic oxidation sites excluding steroid dienone is 2. The highest BCUT2D eigenvalue weighted by molar-refractivity contribution is 8.39.